The molecule has 2 aromatic carbocycles. The van der Waals surface area contributed by atoms with Crippen LogP contribution in [0.25, 0.3) is 0 Å². The topological polar surface area (TPSA) is 58.4 Å². The largest absolute Gasteiger partial charge is 0.367 e. The molecule has 5 heteroatoms. The molecule has 0 unspecified atom stereocenters. The predicted octanol–water partition coefficient (Wildman–Crippen LogP) is 2.46. The highest BCUT2D eigenvalue weighted by atomic mass is 19.1. The molecular formula is C16H18FN3O. The van der Waals surface area contributed by atoms with Crippen LogP contribution in [0.15, 0.2) is 48.5 Å². The highest BCUT2D eigenvalue weighted by molar-refractivity contribution is 5.93. The van der Waals surface area contributed by atoms with Gasteiger partial charge in [-0.25, -0.2) is 10.2 Å². The van der Waals surface area contributed by atoms with E-state index in [9.17, 15) is 9.18 Å². The van der Waals surface area contributed by atoms with Gasteiger partial charge in [0.15, 0.2) is 0 Å². The molecule has 0 aliphatic heterocycles. The first-order chi connectivity index (χ1) is 10.1. The summed E-state index contributed by atoms with van der Waals surface area (Å²) in [5, 5.41) is 0. The molecule has 0 spiro atoms. The summed E-state index contributed by atoms with van der Waals surface area (Å²) in [6.07, 6.45) is 0. The predicted molar refractivity (Wildman–Crippen MR) is 81.2 cm³/mol. The van der Waals surface area contributed by atoms with Gasteiger partial charge in [0.2, 0.25) is 0 Å². The van der Waals surface area contributed by atoms with E-state index in [0.717, 1.165) is 17.8 Å². The summed E-state index contributed by atoms with van der Waals surface area (Å²) in [5.74, 6) is 4.57. The lowest BCUT2D eigenvalue weighted by Gasteiger charge is -2.23. The number of halogens is 1. The molecule has 0 saturated carbocycles. The van der Waals surface area contributed by atoms with Crippen molar-refractivity contribution in [3.63, 3.8) is 0 Å². The number of nitrogen functional groups attached to an aromatic ring is 1. The van der Waals surface area contributed by atoms with Gasteiger partial charge in [-0.05, 0) is 48.9 Å². The molecule has 0 aliphatic carbocycles. The van der Waals surface area contributed by atoms with Gasteiger partial charge < -0.3 is 4.90 Å². The first-order valence-electron chi connectivity index (χ1n) is 6.74. The molecular weight excluding hydrogens is 269 g/mol. The number of hydrazine groups is 1. The van der Waals surface area contributed by atoms with E-state index in [2.05, 4.69) is 10.3 Å². The number of anilines is 1. The van der Waals surface area contributed by atoms with Crippen LogP contribution in [-0.4, -0.2) is 12.5 Å². The van der Waals surface area contributed by atoms with Crippen molar-refractivity contribution in [2.24, 2.45) is 5.84 Å². The molecule has 2 rings (SSSR count). The molecule has 0 aliphatic rings. The summed E-state index contributed by atoms with van der Waals surface area (Å²) in [4.78, 5) is 13.6. The third-order valence-corrected chi connectivity index (χ3v) is 3.27. The maximum absolute atomic E-state index is 13.0. The van der Waals surface area contributed by atoms with E-state index < -0.39 is 0 Å². The molecule has 0 atom stereocenters. The molecule has 0 radical (unpaired) electrons. The average Bonchev–Trinajstić information content (AvgIpc) is 2.53. The monoisotopic (exact) mass is 287 g/mol. The molecule has 0 saturated heterocycles. The van der Waals surface area contributed by atoms with E-state index in [0.29, 0.717) is 12.1 Å². The maximum Gasteiger partial charge on any atom is 0.265 e. The molecule has 0 bridgehead atoms. The highest BCUT2D eigenvalue weighted by Gasteiger charge is 2.08. The Balaban J connectivity index is 2.18. The average molecular weight is 287 g/mol. The van der Waals surface area contributed by atoms with Crippen LogP contribution in [0, 0.1) is 5.82 Å². The number of hydrogen-bond acceptors (Lipinski definition) is 3. The fourth-order valence-corrected chi connectivity index (χ4v) is 2.15. The minimum Gasteiger partial charge on any atom is -0.367 e. The summed E-state index contributed by atoms with van der Waals surface area (Å²) < 4.78 is 13.0. The van der Waals surface area contributed by atoms with E-state index in [-0.39, 0.29) is 11.7 Å². The molecule has 2 aromatic rings. The SMILES string of the molecule is CCN(Cc1cccc(C(=O)NN)c1)c1ccc(F)cc1. The summed E-state index contributed by atoms with van der Waals surface area (Å²) in [5.41, 5.74) is 4.56. The van der Waals surface area contributed by atoms with Crippen LogP contribution in [0.3, 0.4) is 0 Å². The van der Waals surface area contributed by atoms with Crippen molar-refractivity contribution in [3.05, 3.63) is 65.5 Å². The lowest BCUT2D eigenvalue weighted by molar-refractivity contribution is 0.0953. The number of nitrogens with two attached hydrogens (primary N) is 1. The number of benzene rings is 2. The van der Waals surface area contributed by atoms with Crippen LogP contribution in [-0.2, 0) is 6.54 Å². The van der Waals surface area contributed by atoms with Crippen molar-refractivity contribution in [1.29, 1.82) is 0 Å². The van der Waals surface area contributed by atoms with Crippen LogP contribution in [0.1, 0.15) is 22.8 Å². The molecule has 21 heavy (non-hydrogen) atoms. The van der Waals surface area contributed by atoms with E-state index in [4.69, 9.17) is 5.84 Å². The third-order valence-electron chi connectivity index (χ3n) is 3.27. The van der Waals surface area contributed by atoms with Crippen LogP contribution in [0.4, 0.5) is 10.1 Å². The van der Waals surface area contributed by atoms with Crippen LogP contribution >= 0.6 is 0 Å². The summed E-state index contributed by atoms with van der Waals surface area (Å²) in [6, 6.07) is 13.6. The first-order valence-corrected chi connectivity index (χ1v) is 6.74. The zero-order valence-corrected chi connectivity index (χ0v) is 11.8. The molecule has 1 amide bonds. The molecule has 0 fully saturated rings. The van der Waals surface area contributed by atoms with Gasteiger partial charge in [-0.1, -0.05) is 12.1 Å². The lowest BCUT2D eigenvalue weighted by atomic mass is 10.1. The zero-order valence-electron chi connectivity index (χ0n) is 11.8. The third kappa shape index (κ3) is 3.79. The van der Waals surface area contributed by atoms with Crippen molar-refractivity contribution < 1.29 is 9.18 Å². The molecule has 4 nitrogen and oxygen atoms in total. The van der Waals surface area contributed by atoms with E-state index >= 15 is 0 Å². The van der Waals surface area contributed by atoms with E-state index in [1.807, 2.05) is 19.1 Å². The Hall–Kier alpha value is -2.40. The number of nitrogens with zero attached hydrogens (tertiary/aromatic N) is 1. The minimum atomic E-state index is -0.318. The van der Waals surface area contributed by atoms with Gasteiger partial charge >= 0.3 is 0 Å². The Kier molecular flexibility index (Phi) is 4.90. The van der Waals surface area contributed by atoms with Crippen LogP contribution in [0.5, 0.6) is 0 Å². The number of hydrogen-bond donors (Lipinski definition) is 2. The number of rotatable bonds is 5. The number of amides is 1. The summed E-state index contributed by atoms with van der Waals surface area (Å²) in [6.45, 7) is 3.44. The lowest BCUT2D eigenvalue weighted by Crippen LogP contribution is -2.30. The maximum atomic E-state index is 13.0. The Morgan fingerprint density at radius 2 is 1.95 bits per heavy atom. The highest BCUT2D eigenvalue weighted by Crippen LogP contribution is 2.18. The number of carbonyl (C=O) groups excluding carboxylic acids is 1. The van der Waals surface area contributed by atoms with Crippen molar-refractivity contribution >= 4 is 11.6 Å². The summed E-state index contributed by atoms with van der Waals surface area (Å²) in [7, 11) is 0. The van der Waals surface area contributed by atoms with E-state index in [1.165, 1.54) is 12.1 Å². The fraction of sp³-hybridized carbons (Fsp3) is 0.188. The Labute approximate surface area is 123 Å². The van der Waals surface area contributed by atoms with Gasteiger partial charge in [0.05, 0.1) is 0 Å². The van der Waals surface area contributed by atoms with Gasteiger partial charge in [0.1, 0.15) is 5.82 Å². The molecule has 0 heterocycles. The number of carbonyl (C=O) groups is 1. The van der Waals surface area contributed by atoms with Gasteiger partial charge in [-0.2, -0.15) is 0 Å². The summed E-state index contributed by atoms with van der Waals surface area (Å²) >= 11 is 0. The number of nitrogens with one attached hydrogen (secondary N) is 1. The second kappa shape index (κ2) is 6.85. The van der Waals surface area contributed by atoms with Gasteiger partial charge in [0.25, 0.3) is 5.91 Å². The minimum absolute atomic E-state index is 0.253. The van der Waals surface area contributed by atoms with Crippen molar-refractivity contribution in [3.8, 4) is 0 Å². The molecule has 3 N–H and O–H groups in total. The standard InChI is InChI=1S/C16H18FN3O/c1-2-20(15-8-6-14(17)7-9-15)11-12-4-3-5-13(10-12)16(21)19-18/h3-10H,2,11,18H2,1H3,(H,19,21). The van der Waals surface area contributed by atoms with Crippen molar-refractivity contribution in [2.75, 3.05) is 11.4 Å². The quantitative estimate of drug-likeness (QED) is 0.504. The van der Waals surface area contributed by atoms with Crippen molar-refractivity contribution in [2.45, 2.75) is 13.5 Å². The first kappa shape index (κ1) is 15.0. The second-order valence-corrected chi connectivity index (χ2v) is 4.66. The fourth-order valence-electron chi connectivity index (χ4n) is 2.15. The van der Waals surface area contributed by atoms with Gasteiger partial charge in [-0.3, -0.25) is 10.2 Å². The van der Waals surface area contributed by atoms with Gasteiger partial charge in [0, 0.05) is 24.3 Å². The molecule has 110 valence electrons. The van der Waals surface area contributed by atoms with Crippen molar-refractivity contribution in [1.82, 2.24) is 5.43 Å². The Morgan fingerprint density at radius 1 is 1.24 bits per heavy atom. The zero-order chi connectivity index (χ0) is 15.2. The van der Waals surface area contributed by atoms with Crippen LogP contribution < -0.4 is 16.2 Å². The normalized spacial score (nSPS) is 10.2. The van der Waals surface area contributed by atoms with E-state index in [1.54, 1.807) is 24.3 Å². The smallest absolute Gasteiger partial charge is 0.265 e. The van der Waals surface area contributed by atoms with Gasteiger partial charge in [-0.15, -0.1) is 0 Å². The Bertz CT molecular complexity index is 613. The Morgan fingerprint density at radius 3 is 2.57 bits per heavy atom. The second-order valence-electron chi connectivity index (χ2n) is 4.66. The molecule has 0 aromatic heterocycles. The van der Waals surface area contributed by atoms with Crippen LogP contribution in [0.2, 0.25) is 0 Å².